The maximum absolute atomic E-state index is 10.3. The van der Waals surface area contributed by atoms with Crippen LogP contribution in [0.4, 0.5) is 0 Å². The van der Waals surface area contributed by atoms with Crippen LogP contribution >= 0.6 is 47.2 Å². The predicted molar refractivity (Wildman–Crippen MR) is 118 cm³/mol. The third-order valence-corrected chi connectivity index (χ3v) is 6.95. The first-order valence-corrected chi connectivity index (χ1v) is 10.2. The van der Waals surface area contributed by atoms with Gasteiger partial charge in [-0.05, 0) is 35.4 Å². The molecule has 0 saturated carbocycles. The third-order valence-electron chi connectivity index (χ3n) is 4.76. The summed E-state index contributed by atoms with van der Waals surface area (Å²) < 4.78 is 0. The lowest BCUT2D eigenvalue weighted by molar-refractivity contribution is 0.462. The molecule has 3 rings (SSSR count). The summed E-state index contributed by atoms with van der Waals surface area (Å²) in [6.45, 7) is 0. The molecule has 0 aromatic heterocycles. The maximum Gasteiger partial charge on any atom is 0.135 e. The lowest BCUT2D eigenvalue weighted by Gasteiger charge is -2.44. The second-order valence-electron chi connectivity index (χ2n) is 6.27. The first-order chi connectivity index (χ1) is 13.3. The molecule has 1 aliphatic rings. The summed E-state index contributed by atoms with van der Waals surface area (Å²) >= 11 is 18.6. The number of thiocarbonyl (C=S) groups is 1. The van der Waals surface area contributed by atoms with Crippen molar-refractivity contribution < 1.29 is 0 Å². The SMILES string of the molecule is N#CC1=C(N)S[C@@H](c2ccc(Cl)cc2)[C@@](C#N)(C(N)=S)[C@@H]1c1ccc(Cl)cc1. The van der Waals surface area contributed by atoms with Crippen LogP contribution in [0.1, 0.15) is 22.3 Å². The number of nitriles is 2. The van der Waals surface area contributed by atoms with Gasteiger partial charge in [0.1, 0.15) is 5.41 Å². The number of allylic oxidation sites excluding steroid dienone is 1. The van der Waals surface area contributed by atoms with Crippen LogP contribution in [-0.4, -0.2) is 4.99 Å². The molecule has 2 aromatic carbocycles. The van der Waals surface area contributed by atoms with Gasteiger partial charge in [0, 0.05) is 16.0 Å². The normalized spacial score (nSPS) is 24.3. The molecule has 0 fully saturated rings. The van der Waals surface area contributed by atoms with E-state index in [1.54, 1.807) is 36.4 Å². The van der Waals surface area contributed by atoms with Crippen molar-refractivity contribution in [3.63, 3.8) is 0 Å². The van der Waals surface area contributed by atoms with Gasteiger partial charge in [-0.2, -0.15) is 10.5 Å². The van der Waals surface area contributed by atoms with Gasteiger partial charge in [-0.3, -0.25) is 0 Å². The zero-order valence-corrected chi connectivity index (χ0v) is 17.5. The van der Waals surface area contributed by atoms with E-state index in [4.69, 9.17) is 46.9 Å². The minimum atomic E-state index is -1.37. The molecular weight excluding hydrogens is 431 g/mol. The molecular formula is C20H14Cl2N4S2. The molecule has 140 valence electrons. The topological polar surface area (TPSA) is 99.6 Å². The zero-order valence-electron chi connectivity index (χ0n) is 14.4. The van der Waals surface area contributed by atoms with Crippen LogP contribution in [0.3, 0.4) is 0 Å². The van der Waals surface area contributed by atoms with Crippen LogP contribution in [0.15, 0.2) is 59.1 Å². The summed E-state index contributed by atoms with van der Waals surface area (Å²) in [6.07, 6.45) is 0. The van der Waals surface area contributed by atoms with E-state index in [0.717, 1.165) is 5.56 Å². The number of thioether (sulfide) groups is 1. The van der Waals surface area contributed by atoms with E-state index in [0.29, 0.717) is 20.6 Å². The van der Waals surface area contributed by atoms with Crippen molar-refractivity contribution in [2.24, 2.45) is 16.9 Å². The van der Waals surface area contributed by atoms with Crippen LogP contribution in [0.5, 0.6) is 0 Å². The van der Waals surface area contributed by atoms with Crippen LogP contribution in [-0.2, 0) is 0 Å². The van der Waals surface area contributed by atoms with Gasteiger partial charge < -0.3 is 11.5 Å². The smallest absolute Gasteiger partial charge is 0.135 e. The highest BCUT2D eigenvalue weighted by Gasteiger charge is 2.55. The van der Waals surface area contributed by atoms with Gasteiger partial charge in [0.2, 0.25) is 0 Å². The number of halogens is 2. The number of nitrogens with zero attached hydrogens (tertiary/aromatic N) is 2. The molecule has 4 N–H and O–H groups in total. The third kappa shape index (κ3) is 3.34. The van der Waals surface area contributed by atoms with E-state index in [1.165, 1.54) is 11.8 Å². The molecule has 0 unspecified atom stereocenters. The molecule has 0 aliphatic carbocycles. The lowest BCUT2D eigenvalue weighted by Crippen LogP contribution is -2.46. The van der Waals surface area contributed by atoms with Gasteiger partial charge in [-0.15, -0.1) is 0 Å². The van der Waals surface area contributed by atoms with E-state index >= 15 is 0 Å². The van der Waals surface area contributed by atoms with Crippen LogP contribution < -0.4 is 11.5 Å². The molecule has 4 nitrogen and oxygen atoms in total. The number of benzene rings is 2. The lowest BCUT2D eigenvalue weighted by atomic mass is 9.65. The van der Waals surface area contributed by atoms with Gasteiger partial charge in [0.25, 0.3) is 0 Å². The Bertz CT molecular complexity index is 1040. The van der Waals surface area contributed by atoms with Crippen molar-refractivity contribution in [2.75, 3.05) is 0 Å². The molecule has 0 saturated heterocycles. The van der Waals surface area contributed by atoms with E-state index in [2.05, 4.69) is 12.1 Å². The van der Waals surface area contributed by atoms with Crippen molar-refractivity contribution in [2.45, 2.75) is 11.2 Å². The molecule has 1 heterocycles. The second-order valence-corrected chi connectivity index (χ2v) is 8.73. The predicted octanol–water partition coefficient (Wildman–Crippen LogP) is 5.06. The molecule has 1 aliphatic heterocycles. The van der Waals surface area contributed by atoms with Crippen molar-refractivity contribution in [3.05, 3.63) is 80.3 Å². The quantitative estimate of drug-likeness (QED) is 0.641. The van der Waals surface area contributed by atoms with Gasteiger partial charge in [-0.25, -0.2) is 0 Å². The van der Waals surface area contributed by atoms with Crippen LogP contribution in [0, 0.1) is 28.1 Å². The summed E-state index contributed by atoms with van der Waals surface area (Å²) in [5.74, 6) is -0.723. The molecule has 3 atom stereocenters. The van der Waals surface area contributed by atoms with E-state index in [1.807, 2.05) is 12.1 Å². The summed E-state index contributed by atoms with van der Waals surface area (Å²) in [6, 6.07) is 18.5. The Hall–Kier alpha value is -2.22. The highest BCUT2D eigenvalue weighted by atomic mass is 35.5. The summed E-state index contributed by atoms with van der Waals surface area (Å²) in [5.41, 5.74) is 12.8. The van der Waals surface area contributed by atoms with Gasteiger partial charge >= 0.3 is 0 Å². The summed E-state index contributed by atoms with van der Waals surface area (Å²) in [7, 11) is 0. The van der Waals surface area contributed by atoms with Gasteiger partial charge in [0.15, 0.2) is 0 Å². The molecule has 0 amide bonds. The Labute approximate surface area is 182 Å². The average Bonchev–Trinajstić information content (AvgIpc) is 2.68. The molecule has 2 aromatic rings. The second kappa shape index (κ2) is 8.03. The van der Waals surface area contributed by atoms with E-state index in [-0.39, 0.29) is 10.6 Å². The van der Waals surface area contributed by atoms with Crippen LogP contribution in [0.2, 0.25) is 10.0 Å². The Morgan fingerprint density at radius 2 is 1.50 bits per heavy atom. The Balaban J connectivity index is 2.32. The van der Waals surface area contributed by atoms with Gasteiger partial charge in [-0.1, -0.05) is 71.4 Å². The molecule has 0 radical (unpaired) electrons. The standard InChI is InChI=1S/C20H14Cl2N4S2/c21-13-5-1-11(2-6-13)16-15(9-23)18(25)28-17(20(16,10-24)19(26)27)12-3-7-14(22)8-4-12/h1-8,16-17H,25H2,(H2,26,27)/t16-,17+,20+/m1/s1. The fraction of sp³-hybridized carbons (Fsp3) is 0.150. The Kier molecular flexibility index (Phi) is 5.88. The summed E-state index contributed by atoms with van der Waals surface area (Å²) in [4.78, 5) is 0.00245. The summed E-state index contributed by atoms with van der Waals surface area (Å²) in [5, 5.41) is 21.1. The highest BCUT2D eigenvalue weighted by molar-refractivity contribution is 8.03. The molecule has 28 heavy (non-hydrogen) atoms. The minimum Gasteiger partial charge on any atom is -0.393 e. The Morgan fingerprint density at radius 1 is 1.00 bits per heavy atom. The van der Waals surface area contributed by atoms with Gasteiger partial charge in [0.05, 0.1) is 33.0 Å². The molecule has 8 heteroatoms. The average molecular weight is 445 g/mol. The van der Waals surface area contributed by atoms with E-state index in [9.17, 15) is 10.5 Å². The van der Waals surface area contributed by atoms with Crippen molar-refractivity contribution in [1.82, 2.24) is 0 Å². The Morgan fingerprint density at radius 3 is 1.93 bits per heavy atom. The largest absolute Gasteiger partial charge is 0.393 e. The number of rotatable bonds is 3. The van der Waals surface area contributed by atoms with Crippen molar-refractivity contribution >= 4 is 52.2 Å². The monoisotopic (exact) mass is 444 g/mol. The fourth-order valence-electron chi connectivity index (χ4n) is 3.43. The van der Waals surface area contributed by atoms with Crippen molar-refractivity contribution in [1.29, 1.82) is 10.5 Å². The van der Waals surface area contributed by atoms with Crippen LogP contribution in [0.25, 0.3) is 0 Å². The number of hydrogen-bond donors (Lipinski definition) is 2. The van der Waals surface area contributed by atoms with Crippen molar-refractivity contribution in [3.8, 4) is 12.1 Å². The number of hydrogen-bond acceptors (Lipinski definition) is 5. The zero-order chi connectivity index (χ0) is 20.5. The maximum atomic E-state index is 10.3. The minimum absolute atomic E-state index is 0.00245. The van der Waals surface area contributed by atoms with E-state index < -0.39 is 16.6 Å². The molecule has 0 bridgehead atoms. The fourth-order valence-corrected chi connectivity index (χ4v) is 5.37. The number of nitrogens with two attached hydrogens (primary N) is 2. The highest BCUT2D eigenvalue weighted by Crippen LogP contribution is 2.60. The molecule has 0 spiro atoms. The first-order valence-electron chi connectivity index (χ1n) is 8.13. The first kappa shape index (κ1) is 20.5.